The highest BCUT2D eigenvalue weighted by Crippen LogP contribution is 2.26. The van der Waals surface area contributed by atoms with Gasteiger partial charge >= 0.3 is 5.97 Å². The number of ether oxygens (including phenoxy) is 2. The Hall–Kier alpha value is -3.28. The van der Waals surface area contributed by atoms with Crippen LogP contribution in [-0.4, -0.2) is 31.0 Å². The zero-order chi connectivity index (χ0) is 20.7. The van der Waals surface area contributed by atoms with Crippen LogP contribution < -0.4 is 4.74 Å². The first-order valence-corrected chi connectivity index (χ1v) is 8.75. The molecular weight excluding hydrogens is 358 g/mol. The second-order valence-corrected chi connectivity index (χ2v) is 6.31. The number of aryl methyl sites for hydroxylation is 2. The van der Waals surface area contributed by atoms with E-state index in [1.54, 1.807) is 12.1 Å². The van der Waals surface area contributed by atoms with E-state index in [1.165, 1.54) is 20.5 Å². The average Bonchev–Trinajstić information content (AvgIpc) is 2.66. The summed E-state index contributed by atoms with van der Waals surface area (Å²) in [5.74, 6) is -0.326. The predicted octanol–water partition coefficient (Wildman–Crippen LogP) is 4.32. The highest BCUT2D eigenvalue weighted by atomic mass is 16.6. The zero-order valence-electron chi connectivity index (χ0n) is 16.8. The van der Waals surface area contributed by atoms with Gasteiger partial charge in [0.05, 0.1) is 19.1 Å². The van der Waals surface area contributed by atoms with Crippen LogP contribution in [0.4, 0.5) is 0 Å². The van der Waals surface area contributed by atoms with E-state index >= 15 is 0 Å². The van der Waals surface area contributed by atoms with Crippen LogP contribution in [0.5, 0.6) is 5.75 Å². The van der Waals surface area contributed by atoms with Gasteiger partial charge in [0.25, 0.3) is 0 Å². The van der Waals surface area contributed by atoms with Gasteiger partial charge in [-0.15, -0.1) is 0 Å². The normalized spacial score (nSPS) is 11.9. The first-order chi connectivity index (χ1) is 13.4. The number of oxime groups is 1. The third-order valence-electron chi connectivity index (χ3n) is 4.30. The Morgan fingerprint density at radius 1 is 1.11 bits per heavy atom. The van der Waals surface area contributed by atoms with Crippen LogP contribution in [0, 0.1) is 13.8 Å². The number of rotatable bonds is 8. The number of carboxylic acid groups (broad SMARTS) is 1. The molecule has 0 spiro atoms. The number of nitrogens with zero attached hydrogens (tertiary/aromatic N) is 1. The van der Waals surface area contributed by atoms with Crippen molar-refractivity contribution in [2.75, 3.05) is 14.2 Å². The summed E-state index contributed by atoms with van der Waals surface area (Å²) in [7, 11) is 2.94. The molecule has 2 aromatic carbocycles. The predicted molar refractivity (Wildman–Crippen MR) is 109 cm³/mol. The summed E-state index contributed by atoms with van der Waals surface area (Å²) in [5, 5.41) is 13.5. The van der Waals surface area contributed by atoms with Crippen molar-refractivity contribution in [3.63, 3.8) is 0 Å². The average molecular weight is 383 g/mol. The monoisotopic (exact) mass is 383 g/mol. The Morgan fingerprint density at radius 3 is 2.46 bits per heavy atom. The molecule has 0 aromatic heterocycles. The van der Waals surface area contributed by atoms with Crippen molar-refractivity contribution in [1.29, 1.82) is 0 Å². The lowest BCUT2D eigenvalue weighted by atomic mass is 10.0. The number of benzene rings is 2. The number of methoxy groups -OCH3 is 1. The van der Waals surface area contributed by atoms with E-state index in [2.05, 4.69) is 5.16 Å². The smallest absolute Gasteiger partial charge is 0.339 e. The Kier molecular flexibility index (Phi) is 7.21. The van der Waals surface area contributed by atoms with Crippen molar-refractivity contribution in [2.24, 2.45) is 5.16 Å². The summed E-state index contributed by atoms with van der Waals surface area (Å²) < 4.78 is 10.9. The highest BCUT2D eigenvalue weighted by Gasteiger charge is 2.16. The molecule has 0 fully saturated rings. The third kappa shape index (κ3) is 4.91. The number of carboxylic acids is 1. The molecule has 0 aliphatic carbocycles. The lowest BCUT2D eigenvalue weighted by Gasteiger charge is -2.15. The third-order valence-corrected chi connectivity index (χ3v) is 4.30. The number of hydrogen-bond acceptors (Lipinski definition) is 5. The van der Waals surface area contributed by atoms with Crippen LogP contribution in [0.2, 0.25) is 0 Å². The van der Waals surface area contributed by atoms with E-state index in [0.717, 1.165) is 33.7 Å². The Balaban J connectivity index is 2.31. The van der Waals surface area contributed by atoms with E-state index in [9.17, 15) is 9.90 Å². The summed E-state index contributed by atoms with van der Waals surface area (Å²) >= 11 is 0. The zero-order valence-corrected chi connectivity index (χ0v) is 16.8. The molecule has 148 valence electrons. The van der Waals surface area contributed by atoms with Crippen molar-refractivity contribution in [3.05, 3.63) is 70.5 Å². The molecule has 1 N–H and O–H groups in total. The molecule has 0 amide bonds. The number of carbonyl (C=O) groups is 1. The van der Waals surface area contributed by atoms with Crippen LogP contribution in [0.25, 0.3) is 5.57 Å². The standard InChI is InChI=1S/C22H25NO5/c1-14-11-21(15(2)10-19(14)16(3)23-27-5)28-12-17-8-6-7-9-18(17)20(13-26-4)22(24)25/h6-11,13H,12H2,1-5H3,(H,24,25). The van der Waals surface area contributed by atoms with Gasteiger partial charge in [0.1, 0.15) is 25.0 Å². The van der Waals surface area contributed by atoms with Gasteiger partial charge in [-0.05, 0) is 55.2 Å². The lowest BCUT2D eigenvalue weighted by molar-refractivity contribution is -0.130. The molecule has 0 aliphatic rings. The second-order valence-electron chi connectivity index (χ2n) is 6.31. The summed E-state index contributed by atoms with van der Waals surface area (Å²) in [6.45, 7) is 6.05. The van der Waals surface area contributed by atoms with E-state index in [0.29, 0.717) is 5.56 Å². The SMILES string of the molecule is COC=C(C(=O)O)c1ccccc1COc1cc(C)c(C(C)=NOC)cc1C. The topological polar surface area (TPSA) is 77.4 Å². The minimum Gasteiger partial charge on any atom is -0.503 e. The summed E-state index contributed by atoms with van der Waals surface area (Å²) in [5.41, 5.74) is 5.14. The molecule has 28 heavy (non-hydrogen) atoms. The Bertz CT molecular complexity index is 915. The van der Waals surface area contributed by atoms with Crippen molar-refractivity contribution < 1.29 is 24.2 Å². The largest absolute Gasteiger partial charge is 0.503 e. The molecule has 0 bridgehead atoms. The molecule has 2 rings (SSSR count). The van der Waals surface area contributed by atoms with Gasteiger partial charge in [-0.2, -0.15) is 0 Å². The van der Waals surface area contributed by atoms with Gasteiger partial charge in [-0.3, -0.25) is 0 Å². The van der Waals surface area contributed by atoms with Gasteiger partial charge < -0.3 is 19.4 Å². The van der Waals surface area contributed by atoms with Crippen LogP contribution in [0.1, 0.15) is 34.7 Å². The van der Waals surface area contributed by atoms with Crippen molar-refractivity contribution in [1.82, 2.24) is 0 Å². The van der Waals surface area contributed by atoms with E-state index < -0.39 is 5.97 Å². The molecule has 0 radical (unpaired) electrons. The molecule has 0 aliphatic heterocycles. The maximum atomic E-state index is 11.6. The lowest BCUT2D eigenvalue weighted by Crippen LogP contribution is -2.07. The van der Waals surface area contributed by atoms with Gasteiger partial charge in [0.15, 0.2) is 0 Å². The maximum Gasteiger partial charge on any atom is 0.339 e. The van der Waals surface area contributed by atoms with Gasteiger partial charge in [0, 0.05) is 5.56 Å². The first kappa shape index (κ1) is 21.0. The fourth-order valence-corrected chi connectivity index (χ4v) is 2.93. The van der Waals surface area contributed by atoms with E-state index in [-0.39, 0.29) is 12.2 Å². The second kappa shape index (κ2) is 9.60. The Labute approximate surface area is 165 Å². The van der Waals surface area contributed by atoms with Crippen molar-refractivity contribution in [2.45, 2.75) is 27.4 Å². The molecule has 2 aromatic rings. The molecule has 6 nitrogen and oxygen atoms in total. The number of aliphatic carboxylic acids is 1. The van der Waals surface area contributed by atoms with Gasteiger partial charge in [-0.1, -0.05) is 29.4 Å². The molecule has 0 saturated carbocycles. The Morgan fingerprint density at radius 2 is 1.82 bits per heavy atom. The summed E-state index contributed by atoms with van der Waals surface area (Å²) in [6, 6.07) is 11.2. The molecule has 0 atom stereocenters. The van der Waals surface area contributed by atoms with Gasteiger partial charge in [0.2, 0.25) is 0 Å². The fourth-order valence-electron chi connectivity index (χ4n) is 2.93. The minimum absolute atomic E-state index is 0.0800. The van der Waals surface area contributed by atoms with Crippen molar-refractivity contribution in [3.8, 4) is 5.75 Å². The molecular formula is C22H25NO5. The maximum absolute atomic E-state index is 11.6. The fraction of sp³-hybridized carbons (Fsp3) is 0.273. The van der Waals surface area contributed by atoms with Crippen LogP contribution in [0.15, 0.2) is 47.8 Å². The summed E-state index contributed by atoms with van der Waals surface area (Å²) in [6.07, 6.45) is 1.23. The van der Waals surface area contributed by atoms with Crippen molar-refractivity contribution >= 4 is 17.3 Å². The van der Waals surface area contributed by atoms with Crippen LogP contribution in [0.3, 0.4) is 0 Å². The summed E-state index contributed by atoms with van der Waals surface area (Å²) in [4.78, 5) is 16.4. The molecule has 0 unspecified atom stereocenters. The highest BCUT2D eigenvalue weighted by molar-refractivity contribution is 6.15. The van der Waals surface area contributed by atoms with E-state index in [4.69, 9.17) is 14.3 Å². The number of hydrogen-bond donors (Lipinski definition) is 1. The minimum atomic E-state index is -1.06. The quantitative estimate of drug-likeness (QED) is 0.318. The molecule has 0 heterocycles. The molecule has 0 saturated heterocycles. The van der Waals surface area contributed by atoms with Crippen LogP contribution in [-0.2, 0) is 21.0 Å². The molecule has 6 heteroatoms. The first-order valence-electron chi connectivity index (χ1n) is 8.75. The van der Waals surface area contributed by atoms with Crippen LogP contribution >= 0.6 is 0 Å². The van der Waals surface area contributed by atoms with E-state index in [1.807, 2.05) is 45.0 Å². The van der Waals surface area contributed by atoms with Gasteiger partial charge in [-0.25, -0.2) is 4.79 Å².